The van der Waals surface area contributed by atoms with E-state index < -0.39 is 0 Å². The van der Waals surface area contributed by atoms with Gasteiger partial charge in [-0.25, -0.2) is 9.97 Å². The van der Waals surface area contributed by atoms with Gasteiger partial charge in [-0.15, -0.1) is 47.9 Å². The average molecular weight is 535 g/mol. The van der Waals surface area contributed by atoms with Gasteiger partial charge in [-0.3, -0.25) is 9.59 Å². The highest BCUT2D eigenvalue weighted by atomic mass is 32.2. The van der Waals surface area contributed by atoms with Gasteiger partial charge >= 0.3 is 0 Å². The number of aromatic nitrogens is 2. The molecule has 0 unspecified atom stereocenters. The molecule has 0 spiro atoms. The predicted molar refractivity (Wildman–Crippen MR) is 142 cm³/mol. The Morgan fingerprint density at radius 1 is 0.735 bits per heavy atom. The van der Waals surface area contributed by atoms with Crippen LogP contribution in [0.4, 0.5) is 11.4 Å². The Kier molecular flexibility index (Phi) is 8.75. The first kappa shape index (κ1) is 24.9. The third-order valence-corrected chi connectivity index (χ3v) is 7.03. The second kappa shape index (κ2) is 12.0. The SMILES string of the molecule is O=C(CCOCCOCCC(=O)Nc1ccc2nc(S)sc2c1)Nc1ccc2nc(S)sc2c1. The lowest BCUT2D eigenvalue weighted by Gasteiger charge is -2.08. The molecule has 178 valence electrons. The number of rotatable bonds is 11. The van der Waals surface area contributed by atoms with Gasteiger partial charge in [0.1, 0.15) is 8.68 Å². The summed E-state index contributed by atoms with van der Waals surface area (Å²) in [5.41, 5.74) is 3.15. The van der Waals surface area contributed by atoms with Crippen molar-refractivity contribution in [2.45, 2.75) is 21.5 Å². The lowest BCUT2D eigenvalue weighted by atomic mass is 10.3. The minimum atomic E-state index is -0.130. The number of hydrogen-bond donors (Lipinski definition) is 4. The van der Waals surface area contributed by atoms with Crippen molar-refractivity contribution in [3.8, 4) is 0 Å². The maximum atomic E-state index is 12.1. The van der Waals surface area contributed by atoms with Crippen molar-refractivity contribution >= 4 is 91.6 Å². The Morgan fingerprint density at radius 3 is 1.62 bits per heavy atom. The number of fused-ring (bicyclic) bond motifs is 2. The quantitative estimate of drug-likeness (QED) is 0.162. The second-order valence-corrected chi connectivity index (χ2v) is 10.7. The largest absolute Gasteiger partial charge is 0.379 e. The molecule has 0 saturated heterocycles. The Balaban J connectivity index is 1.05. The zero-order valence-corrected chi connectivity index (χ0v) is 21.4. The minimum absolute atomic E-state index is 0.130. The van der Waals surface area contributed by atoms with Crippen molar-refractivity contribution in [2.24, 2.45) is 0 Å². The van der Waals surface area contributed by atoms with E-state index in [1.165, 1.54) is 22.7 Å². The fourth-order valence-electron chi connectivity index (χ4n) is 3.08. The Morgan fingerprint density at radius 2 is 1.18 bits per heavy atom. The third kappa shape index (κ3) is 7.14. The fraction of sp³-hybridized carbons (Fsp3) is 0.273. The molecule has 12 heteroatoms. The van der Waals surface area contributed by atoms with Gasteiger partial charge in [0, 0.05) is 11.4 Å². The standard InChI is InChI=1S/C22H22N4O4S4/c27-19(23-13-1-3-15-17(11-13)33-21(31)25-15)5-7-29-9-10-30-8-6-20(28)24-14-2-4-16-18(12-14)34-22(32)26-16/h1-4,11-12H,5-10H2,(H,23,27)(H,24,28)(H,25,31)(H,26,32). The maximum absolute atomic E-state index is 12.1. The summed E-state index contributed by atoms with van der Waals surface area (Å²) in [5.74, 6) is -0.260. The molecule has 2 aromatic heterocycles. The number of thiol groups is 2. The van der Waals surface area contributed by atoms with Gasteiger partial charge in [0.25, 0.3) is 0 Å². The molecule has 2 N–H and O–H groups in total. The molecule has 0 saturated carbocycles. The van der Waals surface area contributed by atoms with E-state index in [1.54, 1.807) is 0 Å². The van der Waals surface area contributed by atoms with Gasteiger partial charge in [-0.1, -0.05) is 0 Å². The molecule has 2 aromatic carbocycles. The van der Waals surface area contributed by atoms with Crippen LogP contribution in [0.25, 0.3) is 20.4 Å². The van der Waals surface area contributed by atoms with Crippen LogP contribution >= 0.6 is 47.9 Å². The molecule has 34 heavy (non-hydrogen) atoms. The first-order chi connectivity index (χ1) is 16.5. The molecular formula is C22H22N4O4S4. The maximum Gasteiger partial charge on any atom is 0.226 e. The molecule has 4 rings (SSSR count). The van der Waals surface area contributed by atoms with E-state index in [1.807, 2.05) is 36.4 Å². The van der Waals surface area contributed by atoms with Crippen LogP contribution in [-0.4, -0.2) is 48.2 Å². The van der Waals surface area contributed by atoms with E-state index in [-0.39, 0.29) is 37.9 Å². The molecule has 0 radical (unpaired) electrons. The average Bonchev–Trinajstić information content (AvgIpc) is 3.35. The van der Waals surface area contributed by atoms with E-state index in [4.69, 9.17) is 9.47 Å². The van der Waals surface area contributed by atoms with Crippen LogP contribution in [0.2, 0.25) is 0 Å². The van der Waals surface area contributed by atoms with E-state index in [0.717, 1.165) is 31.8 Å². The molecule has 2 amide bonds. The van der Waals surface area contributed by atoms with Gasteiger partial charge in [-0.2, -0.15) is 0 Å². The number of amides is 2. The lowest BCUT2D eigenvalue weighted by Crippen LogP contribution is -2.16. The molecule has 0 aliphatic rings. The summed E-state index contributed by atoms with van der Waals surface area (Å²) in [4.78, 5) is 32.7. The second-order valence-electron chi connectivity index (χ2n) is 7.18. The van der Waals surface area contributed by atoms with Crippen LogP contribution in [0, 0.1) is 0 Å². The highest BCUT2D eigenvalue weighted by Crippen LogP contribution is 2.28. The van der Waals surface area contributed by atoms with Crippen molar-refractivity contribution in [2.75, 3.05) is 37.1 Å². The van der Waals surface area contributed by atoms with E-state index in [2.05, 4.69) is 45.9 Å². The highest BCUT2D eigenvalue weighted by molar-refractivity contribution is 7.83. The predicted octanol–water partition coefficient (Wildman–Crippen LogP) is 4.87. The van der Waals surface area contributed by atoms with Crippen molar-refractivity contribution in [1.82, 2.24) is 9.97 Å². The van der Waals surface area contributed by atoms with Crippen LogP contribution in [0.15, 0.2) is 45.1 Å². The molecule has 2 heterocycles. The summed E-state index contributed by atoms with van der Waals surface area (Å²) in [6.07, 6.45) is 0.472. The van der Waals surface area contributed by atoms with Crippen LogP contribution in [0.1, 0.15) is 12.8 Å². The number of benzene rings is 2. The lowest BCUT2D eigenvalue weighted by molar-refractivity contribution is -0.118. The molecule has 4 aromatic rings. The zero-order chi connectivity index (χ0) is 23.9. The number of ether oxygens (including phenoxy) is 2. The summed E-state index contributed by atoms with van der Waals surface area (Å²) in [6, 6.07) is 11.1. The fourth-order valence-corrected chi connectivity index (χ4v) is 5.37. The topological polar surface area (TPSA) is 102 Å². The number of thiazole rings is 2. The number of hydrogen-bond acceptors (Lipinski definition) is 10. The summed E-state index contributed by atoms with van der Waals surface area (Å²) >= 11 is 11.4. The van der Waals surface area contributed by atoms with Gasteiger partial charge in [-0.05, 0) is 36.4 Å². The first-order valence-corrected chi connectivity index (χ1v) is 12.9. The summed E-state index contributed by atoms with van der Waals surface area (Å²) < 4.78 is 14.2. The van der Waals surface area contributed by atoms with Crippen LogP contribution in [-0.2, 0) is 19.1 Å². The zero-order valence-electron chi connectivity index (χ0n) is 17.9. The molecule has 0 atom stereocenters. The third-order valence-electron chi connectivity index (χ3n) is 4.64. The van der Waals surface area contributed by atoms with Crippen LogP contribution in [0.5, 0.6) is 0 Å². The summed E-state index contributed by atoms with van der Waals surface area (Å²) in [6.45, 7) is 1.27. The highest BCUT2D eigenvalue weighted by Gasteiger charge is 2.07. The Labute approximate surface area is 214 Å². The molecular weight excluding hydrogens is 513 g/mol. The van der Waals surface area contributed by atoms with Crippen molar-refractivity contribution in [3.63, 3.8) is 0 Å². The summed E-state index contributed by atoms with van der Waals surface area (Å²) in [5, 5.41) is 5.70. The normalized spacial score (nSPS) is 11.2. The monoisotopic (exact) mass is 534 g/mol. The molecule has 0 bridgehead atoms. The minimum Gasteiger partial charge on any atom is -0.379 e. The Bertz CT molecular complexity index is 1210. The molecule has 0 fully saturated rings. The van der Waals surface area contributed by atoms with Gasteiger partial charge in [0.15, 0.2) is 0 Å². The van der Waals surface area contributed by atoms with E-state index >= 15 is 0 Å². The number of nitrogens with zero attached hydrogens (tertiary/aromatic N) is 2. The van der Waals surface area contributed by atoms with E-state index in [0.29, 0.717) is 21.9 Å². The van der Waals surface area contributed by atoms with Gasteiger partial charge in [0.05, 0.1) is 59.7 Å². The number of carbonyl (C=O) groups excluding carboxylic acids is 2. The Hall–Kier alpha value is -2.22. The molecule has 8 nitrogen and oxygen atoms in total. The first-order valence-electron chi connectivity index (χ1n) is 10.4. The van der Waals surface area contributed by atoms with Gasteiger partial charge in [0.2, 0.25) is 11.8 Å². The van der Waals surface area contributed by atoms with E-state index in [9.17, 15) is 9.59 Å². The van der Waals surface area contributed by atoms with Crippen molar-refractivity contribution < 1.29 is 19.1 Å². The van der Waals surface area contributed by atoms with Crippen molar-refractivity contribution in [1.29, 1.82) is 0 Å². The number of carbonyl (C=O) groups is 2. The summed E-state index contributed by atoms with van der Waals surface area (Å²) in [7, 11) is 0. The molecule has 0 aliphatic heterocycles. The number of nitrogens with one attached hydrogen (secondary N) is 2. The van der Waals surface area contributed by atoms with Crippen LogP contribution in [0.3, 0.4) is 0 Å². The van der Waals surface area contributed by atoms with Crippen molar-refractivity contribution in [3.05, 3.63) is 36.4 Å². The smallest absolute Gasteiger partial charge is 0.226 e. The van der Waals surface area contributed by atoms with Crippen LogP contribution < -0.4 is 10.6 Å². The molecule has 0 aliphatic carbocycles. The number of anilines is 2. The van der Waals surface area contributed by atoms with Gasteiger partial charge < -0.3 is 20.1 Å².